The second-order valence-electron chi connectivity index (χ2n) is 3.74. The summed E-state index contributed by atoms with van der Waals surface area (Å²) < 4.78 is 27.2. The van der Waals surface area contributed by atoms with Crippen LogP contribution in [0.1, 0.15) is 10.4 Å². The molecule has 0 amide bonds. The van der Waals surface area contributed by atoms with Gasteiger partial charge in [0.15, 0.2) is 0 Å². The molecule has 0 atom stereocenters. The van der Waals surface area contributed by atoms with Gasteiger partial charge in [-0.3, -0.25) is 0 Å². The van der Waals surface area contributed by atoms with Gasteiger partial charge in [0.05, 0.1) is 5.56 Å². The Kier molecular flexibility index (Phi) is 2.97. The van der Waals surface area contributed by atoms with Crippen LogP contribution in [-0.4, -0.2) is 11.1 Å². The van der Waals surface area contributed by atoms with Crippen LogP contribution in [0.4, 0.5) is 14.5 Å². The van der Waals surface area contributed by atoms with E-state index in [0.29, 0.717) is 17.3 Å². The maximum atomic E-state index is 13.7. The first-order valence-electron chi connectivity index (χ1n) is 5.07. The molecule has 0 fully saturated rings. The van der Waals surface area contributed by atoms with Crippen molar-refractivity contribution >= 4 is 11.7 Å². The van der Waals surface area contributed by atoms with Crippen molar-refractivity contribution in [1.29, 1.82) is 0 Å². The highest BCUT2D eigenvalue weighted by Crippen LogP contribution is 2.26. The highest BCUT2D eigenvalue weighted by atomic mass is 19.1. The molecule has 2 aromatic rings. The van der Waals surface area contributed by atoms with E-state index in [2.05, 4.69) is 0 Å². The fourth-order valence-corrected chi connectivity index (χ4v) is 1.59. The van der Waals surface area contributed by atoms with Crippen molar-refractivity contribution in [3.8, 4) is 11.1 Å². The number of carbonyl (C=O) groups is 1. The normalized spacial score (nSPS) is 10.3. The molecule has 0 radical (unpaired) electrons. The molecule has 3 nitrogen and oxygen atoms in total. The number of halogens is 2. The van der Waals surface area contributed by atoms with Crippen molar-refractivity contribution in [2.45, 2.75) is 0 Å². The first-order valence-corrected chi connectivity index (χ1v) is 5.07. The molecule has 5 heteroatoms. The minimum Gasteiger partial charge on any atom is -0.478 e. The molecule has 0 bridgehead atoms. The first-order chi connectivity index (χ1) is 8.49. The Morgan fingerprint density at radius 3 is 2.22 bits per heavy atom. The number of benzene rings is 2. The van der Waals surface area contributed by atoms with E-state index in [0.717, 1.165) is 6.07 Å². The third kappa shape index (κ3) is 2.15. The van der Waals surface area contributed by atoms with Gasteiger partial charge in [-0.25, -0.2) is 13.6 Å². The second kappa shape index (κ2) is 4.44. The number of nitrogen functional groups attached to an aromatic ring is 1. The Hall–Kier alpha value is -2.43. The van der Waals surface area contributed by atoms with Crippen molar-refractivity contribution in [1.82, 2.24) is 0 Å². The maximum Gasteiger partial charge on any atom is 0.338 e. The van der Waals surface area contributed by atoms with Gasteiger partial charge in [0.2, 0.25) is 0 Å². The van der Waals surface area contributed by atoms with Crippen molar-refractivity contribution in [2.24, 2.45) is 0 Å². The lowest BCUT2D eigenvalue weighted by Gasteiger charge is -2.06. The number of hydrogen-bond acceptors (Lipinski definition) is 2. The highest BCUT2D eigenvalue weighted by molar-refractivity contribution is 5.88. The SMILES string of the molecule is Nc1ccc(-c2cc(F)c(C(=O)O)cc2F)cc1. The van der Waals surface area contributed by atoms with Crippen LogP contribution in [0.3, 0.4) is 0 Å². The van der Waals surface area contributed by atoms with Gasteiger partial charge in [-0.15, -0.1) is 0 Å². The van der Waals surface area contributed by atoms with Gasteiger partial charge in [0.1, 0.15) is 11.6 Å². The summed E-state index contributed by atoms with van der Waals surface area (Å²) in [7, 11) is 0. The number of carboxylic acids is 1. The zero-order valence-electron chi connectivity index (χ0n) is 9.15. The van der Waals surface area contributed by atoms with E-state index in [-0.39, 0.29) is 5.56 Å². The number of rotatable bonds is 2. The van der Waals surface area contributed by atoms with Crippen LogP contribution in [0.2, 0.25) is 0 Å². The van der Waals surface area contributed by atoms with Gasteiger partial charge in [-0.1, -0.05) is 12.1 Å². The molecule has 2 aromatic carbocycles. The van der Waals surface area contributed by atoms with E-state index in [1.807, 2.05) is 0 Å². The monoisotopic (exact) mass is 249 g/mol. The van der Waals surface area contributed by atoms with Gasteiger partial charge in [-0.2, -0.15) is 0 Å². The van der Waals surface area contributed by atoms with E-state index in [9.17, 15) is 13.6 Å². The summed E-state index contributed by atoms with van der Waals surface area (Å²) >= 11 is 0. The first kappa shape index (κ1) is 12.0. The van der Waals surface area contributed by atoms with Gasteiger partial charge in [-0.05, 0) is 29.8 Å². The predicted octanol–water partition coefficient (Wildman–Crippen LogP) is 2.91. The number of hydrogen-bond donors (Lipinski definition) is 2. The average Bonchev–Trinajstić information content (AvgIpc) is 2.32. The lowest BCUT2D eigenvalue weighted by Crippen LogP contribution is -2.02. The number of anilines is 1. The van der Waals surface area contributed by atoms with E-state index in [1.54, 1.807) is 12.1 Å². The Balaban J connectivity index is 2.56. The van der Waals surface area contributed by atoms with Crippen molar-refractivity contribution in [2.75, 3.05) is 5.73 Å². The fraction of sp³-hybridized carbons (Fsp3) is 0. The number of nitrogens with two attached hydrogens (primary N) is 1. The molecule has 18 heavy (non-hydrogen) atoms. The lowest BCUT2D eigenvalue weighted by atomic mass is 10.0. The van der Waals surface area contributed by atoms with Crippen LogP contribution in [0, 0.1) is 11.6 Å². The molecular weight excluding hydrogens is 240 g/mol. The molecule has 0 aliphatic carbocycles. The fourth-order valence-electron chi connectivity index (χ4n) is 1.59. The quantitative estimate of drug-likeness (QED) is 0.804. The summed E-state index contributed by atoms with van der Waals surface area (Å²) in [4.78, 5) is 10.6. The van der Waals surface area contributed by atoms with Gasteiger partial charge >= 0.3 is 5.97 Å². The molecule has 0 aromatic heterocycles. The molecule has 3 N–H and O–H groups in total. The summed E-state index contributed by atoms with van der Waals surface area (Å²) in [5.41, 5.74) is 5.73. The Bertz CT molecular complexity index is 609. The standard InChI is InChI=1S/C13H9F2NO2/c14-11-6-10(13(17)18)12(15)5-9(11)7-1-3-8(16)4-2-7/h1-6H,16H2,(H,17,18). The van der Waals surface area contributed by atoms with Crippen LogP contribution >= 0.6 is 0 Å². The zero-order chi connectivity index (χ0) is 13.3. The van der Waals surface area contributed by atoms with E-state index in [4.69, 9.17) is 10.8 Å². The number of carboxylic acid groups (broad SMARTS) is 1. The molecule has 0 unspecified atom stereocenters. The average molecular weight is 249 g/mol. The second-order valence-corrected chi connectivity index (χ2v) is 3.74. The summed E-state index contributed by atoms with van der Waals surface area (Å²) in [6, 6.07) is 7.71. The zero-order valence-corrected chi connectivity index (χ0v) is 9.15. The summed E-state index contributed by atoms with van der Waals surface area (Å²) in [5, 5.41) is 8.66. The largest absolute Gasteiger partial charge is 0.478 e. The van der Waals surface area contributed by atoms with E-state index in [1.165, 1.54) is 12.1 Å². The third-order valence-corrected chi connectivity index (χ3v) is 2.51. The van der Waals surface area contributed by atoms with Crippen LogP contribution < -0.4 is 5.73 Å². The van der Waals surface area contributed by atoms with Crippen molar-refractivity contribution in [3.63, 3.8) is 0 Å². The molecule has 92 valence electrons. The Labute approximate surface area is 101 Å². The highest BCUT2D eigenvalue weighted by Gasteiger charge is 2.15. The lowest BCUT2D eigenvalue weighted by molar-refractivity contribution is 0.0691. The van der Waals surface area contributed by atoms with Crippen LogP contribution in [0.5, 0.6) is 0 Å². The van der Waals surface area contributed by atoms with Crippen LogP contribution in [0.25, 0.3) is 11.1 Å². The molecule has 0 saturated heterocycles. The Morgan fingerprint density at radius 2 is 1.67 bits per heavy atom. The minimum atomic E-state index is -1.50. The van der Waals surface area contributed by atoms with Crippen LogP contribution in [-0.2, 0) is 0 Å². The van der Waals surface area contributed by atoms with Crippen LogP contribution in [0.15, 0.2) is 36.4 Å². The molecule has 2 rings (SSSR count). The summed E-state index contributed by atoms with van der Waals surface area (Å²) in [6.07, 6.45) is 0. The maximum absolute atomic E-state index is 13.7. The molecule has 0 spiro atoms. The van der Waals surface area contributed by atoms with Gasteiger partial charge in [0.25, 0.3) is 0 Å². The molecule has 0 heterocycles. The van der Waals surface area contributed by atoms with Crippen molar-refractivity contribution in [3.05, 3.63) is 53.6 Å². The predicted molar refractivity (Wildman–Crippen MR) is 63.2 cm³/mol. The Morgan fingerprint density at radius 1 is 1.06 bits per heavy atom. The molecule has 0 aliphatic rings. The molecule has 0 aliphatic heterocycles. The van der Waals surface area contributed by atoms with E-state index >= 15 is 0 Å². The van der Waals surface area contributed by atoms with Gasteiger partial charge < -0.3 is 10.8 Å². The van der Waals surface area contributed by atoms with E-state index < -0.39 is 23.2 Å². The summed E-state index contributed by atoms with van der Waals surface area (Å²) in [5.74, 6) is -3.27. The van der Waals surface area contributed by atoms with Crippen molar-refractivity contribution < 1.29 is 18.7 Å². The topological polar surface area (TPSA) is 63.3 Å². The smallest absolute Gasteiger partial charge is 0.338 e. The summed E-state index contributed by atoms with van der Waals surface area (Å²) in [6.45, 7) is 0. The third-order valence-electron chi connectivity index (χ3n) is 2.51. The van der Waals surface area contributed by atoms with Gasteiger partial charge in [0, 0.05) is 11.3 Å². The molecular formula is C13H9F2NO2. The minimum absolute atomic E-state index is 0.00231. The number of aromatic carboxylic acids is 1. The molecule has 0 saturated carbocycles.